The van der Waals surface area contributed by atoms with Crippen LogP contribution in [0.1, 0.15) is 35.1 Å². The summed E-state index contributed by atoms with van der Waals surface area (Å²) < 4.78 is 5.84. The number of aryl methyl sites for hydroxylation is 1. The third kappa shape index (κ3) is 4.40. The summed E-state index contributed by atoms with van der Waals surface area (Å²) in [4.78, 5) is 7.08. The molecule has 2 aromatic rings. The number of benzene rings is 1. The van der Waals surface area contributed by atoms with Gasteiger partial charge in [0.25, 0.3) is 0 Å². The molecule has 0 bridgehead atoms. The van der Waals surface area contributed by atoms with E-state index < -0.39 is 0 Å². The first-order chi connectivity index (χ1) is 13.2. The fourth-order valence-electron chi connectivity index (χ4n) is 3.70. The quantitative estimate of drug-likeness (QED) is 0.766. The smallest absolute Gasteiger partial charge is 0.215 e. The van der Waals surface area contributed by atoms with Crippen molar-refractivity contribution in [2.75, 3.05) is 25.0 Å². The van der Waals surface area contributed by atoms with Crippen molar-refractivity contribution in [2.45, 2.75) is 32.7 Å². The Balaban J connectivity index is 1.20. The molecule has 140 valence electrons. The zero-order chi connectivity index (χ0) is 18.6. The molecule has 0 aliphatic carbocycles. The van der Waals surface area contributed by atoms with Crippen molar-refractivity contribution in [3.63, 3.8) is 0 Å². The van der Waals surface area contributed by atoms with Crippen LogP contribution in [0.15, 0.2) is 48.7 Å². The number of rotatable bonds is 6. The summed E-state index contributed by atoms with van der Waals surface area (Å²) in [6.45, 7) is 10.1. The van der Waals surface area contributed by atoms with Crippen LogP contribution in [0.5, 0.6) is 5.88 Å². The zero-order valence-corrected chi connectivity index (χ0v) is 16.0. The third-order valence-corrected chi connectivity index (χ3v) is 5.22. The van der Waals surface area contributed by atoms with Crippen LogP contribution in [-0.4, -0.2) is 29.6 Å². The molecule has 27 heavy (non-hydrogen) atoms. The van der Waals surface area contributed by atoms with Crippen molar-refractivity contribution in [1.82, 2.24) is 9.88 Å². The first-order valence-electron chi connectivity index (χ1n) is 9.76. The predicted molar refractivity (Wildman–Crippen MR) is 111 cm³/mol. The Labute approximate surface area is 161 Å². The van der Waals surface area contributed by atoms with Crippen molar-refractivity contribution in [2.24, 2.45) is 0 Å². The first kappa shape index (κ1) is 17.8. The van der Waals surface area contributed by atoms with Crippen LogP contribution in [0, 0.1) is 6.92 Å². The molecule has 2 aliphatic heterocycles. The molecule has 4 heteroatoms. The molecule has 1 N–H and O–H groups in total. The highest BCUT2D eigenvalue weighted by atomic mass is 16.5. The lowest BCUT2D eigenvalue weighted by molar-refractivity contribution is 0.233. The number of allylic oxidation sites excluding steroid dienone is 1. The molecule has 0 unspecified atom stereocenters. The van der Waals surface area contributed by atoms with Gasteiger partial charge < -0.3 is 10.1 Å². The Morgan fingerprint density at radius 2 is 2.07 bits per heavy atom. The molecule has 2 aliphatic rings. The van der Waals surface area contributed by atoms with Crippen molar-refractivity contribution in [3.8, 4) is 5.88 Å². The normalized spacial score (nSPS) is 15.8. The molecule has 0 spiro atoms. The third-order valence-electron chi connectivity index (χ3n) is 5.22. The standard InChI is InChI=1S/C23H27N3O/c1-17-5-7-21-16-26(13-11-20(21)15-17)12-3-4-14-27-22-10-9-19-8-6-18(2)24-23(19)25-22/h5-10,15H,2-4,11-14,16H2,1H3,(H,24,25). The van der Waals surface area contributed by atoms with E-state index in [0.717, 1.165) is 49.6 Å². The van der Waals surface area contributed by atoms with Crippen LogP contribution < -0.4 is 10.1 Å². The summed E-state index contributed by atoms with van der Waals surface area (Å²) in [5.74, 6) is 1.49. The fourth-order valence-corrected chi connectivity index (χ4v) is 3.70. The second-order valence-electron chi connectivity index (χ2n) is 7.42. The molecule has 1 aromatic heterocycles. The van der Waals surface area contributed by atoms with Gasteiger partial charge in [-0.2, -0.15) is 4.98 Å². The maximum Gasteiger partial charge on any atom is 0.215 e. The number of anilines is 1. The lowest BCUT2D eigenvalue weighted by atomic mass is 9.97. The number of fused-ring (bicyclic) bond motifs is 2. The summed E-state index contributed by atoms with van der Waals surface area (Å²) in [6, 6.07) is 10.8. The van der Waals surface area contributed by atoms with Gasteiger partial charge in [-0.1, -0.05) is 30.3 Å². The number of hydrogen-bond acceptors (Lipinski definition) is 4. The summed E-state index contributed by atoms with van der Waals surface area (Å²) in [7, 11) is 0. The molecule has 0 fully saturated rings. The van der Waals surface area contributed by atoms with E-state index in [0.29, 0.717) is 12.5 Å². The van der Waals surface area contributed by atoms with Crippen LogP contribution in [0.25, 0.3) is 6.08 Å². The van der Waals surface area contributed by atoms with Gasteiger partial charge in [-0.3, -0.25) is 4.90 Å². The Hall–Kier alpha value is -2.59. The van der Waals surface area contributed by atoms with Gasteiger partial charge in [0.1, 0.15) is 5.82 Å². The van der Waals surface area contributed by atoms with Gasteiger partial charge >= 0.3 is 0 Å². The highest BCUT2D eigenvalue weighted by Gasteiger charge is 2.15. The molecule has 0 amide bonds. The van der Waals surface area contributed by atoms with E-state index in [9.17, 15) is 0 Å². The van der Waals surface area contributed by atoms with Crippen LogP contribution in [0.3, 0.4) is 0 Å². The molecule has 4 rings (SSSR count). The average Bonchev–Trinajstić information content (AvgIpc) is 2.67. The minimum absolute atomic E-state index is 0.673. The fraction of sp³-hybridized carbons (Fsp3) is 0.348. The zero-order valence-electron chi connectivity index (χ0n) is 16.0. The van der Waals surface area contributed by atoms with Crippen LogP contribution in [0.2, 0.25) is 0 Å². The largest absolute Gasteiger partial charge is 0.478 e. The highest BCUT2D eigenvalue weighted by molar-refractivity contribution is 5.71. The molecule has 0 saturated carbocycles. The lowest BCUT2D eigenvalue weighted by Gasteiger charge is -2.29. The lowest BCUT2D eigenvalue weighted by Crippen LogP contribution is -2.31. The monoisotopic (exact) mass is 361 g/mol. The number of hydrogen-bond donors (Lipinski definition) is 1. The maximum absolute atomic E-state index is 5.84. The van der Waals surface area contributed by atoms with Crippen LogP contribution >= 0.6 is 0 Å². The van der Waals surface area contributed by atoms with E-state index in [1.54, 1.807) is 0 Å². The minimum atomic E-state index is 0.673. The Bertz CT molecular complexity index is 872. The van der Waals surface area contributed by atoms with E-state index in [1.165, 1.54) is 23.1 Å². The second-order valence-corrected chi connectivity index (χ2v) is 7.42. The van der Waals surface area contributed by atoms with E-state index >= 15 is 0 Å². The highest BCUT2D eigenvalue weighted by Crippen LogP contribution is 2.25. The maximum atomic E-state index is 5.84. The SMILES string of the molecule is C=C1C=Cc2ccc(OCCCCN3CCc4cc(C)ccc4C3)nc2N1. The van der Waals surface area contributed by atoms with E-state index in [2.05, 4.69) is 46.9 Å². The molecule has 3 heterocycles. The number of pyridine rings is 1. The molecule has 1 aromatic carbocycles. The van der Waals surface area contributed by atoms with Gasteiger partial charge in [-0.25, -0.2) is 0 Å². The number of unbranched alkanes of at least 4 members (excludes halogenated alkanes) is 1. The van der Waals surface area contributed by atoms with E-state index in [-0.39, 0.29) is 0 Å². The summed E-state index contributed by atoms with van der Waals surface area (Å²) in [6.07, 6.45) is 7.31. The van der Waals surface area contributed by atoms with Gasteiger partial charge in [-0.05, 0) is 62.1 Å². The molecule has 0 atom stereocenters. The number of nitrogens with zero attached hydrogens (tertiary/aromatic N) is 2. The summed E-state index contributed by atoms with van der Waals surface area (Å²) in [5.41, 5.74) is 6.30. The minimum Gasteiger partial charge on any atom is -0.478 e. The number of aromatic nitrogens is 1. The summed E-state index contributed by atoms with van der Waals surface area (Å²) >= 11 is 0. The van der Waals surface area contributed by atoms with Crippen LogP contribution in [0.4, 0.5) is 5.82 Å². The van der Waals surface area contributed by atoms with Crippen molar-refractivity contribution in [1.29, 1.82) is 0 Å². The summed E-state index contributed by atoms with van der Waals surface area (Å²) in [5, 5.41) is 3.18. The topological polar surface area (TPSA) is 37.4 Å². The molecule has 0 radical (unpaired) electrons. The molecular weight excluding hydrogens is 334 g/mol. The van der Waals surface area contributed by atoms with Gasteiger partial charge in [0.2, 0.25) is 5.88 Å². The van der Waals surface area contributed by atoms with Crippen LogP contribution in [-0.2, 0) is 13.0 Å². The van der Waals surface area contributed by atoms with Crippen molar-refractivity contribution in [3.05, 3.63) is 70.9 Å². The number of ether oxygens (including phenoxy) is 1. The van der Waals surface area contributed by atoms with E-state index in [4.69, 9.17) is 4.74 Å². The average molecular weight is 361 g/mol. The first-order valence-corrected chi connectivity index (χ1v) is 9.76. The predicted octanol–water partition coefficient (Wildman–Crippen LogP) is 4.56. The molecule has 0 saturated heterocycles. The molecule has 4 nitrogen and oxygen atoms in total. The second kappa shape index (κ2) is 7.97. The Morgan fingerprint density at radius 1 is 1.15 bits per heavy atom. The van der Waals surface area contributed by atoms with Crippen molar-refractivity contribution >= 4 is 11.9 Å². The Kier molecular flexibility index (Phi) is 5.26. The van der Waals surface area contributed by atoms with Crippen molar-refractivity contribution < 1.29 is 4.74 Å². The van der Waals surface area contributed by atoms with Gasteiger partial charge in [0.15, 0.2) is 0 Å². The van der Waals surface area contributed by atoms with E-state index in [1.807, 2.05) is 24.3 Å². The molecular formula is C23H27N3O. The van der Waals surface area contributed by atoms with Gasteiger partial charge in [0, 0.05) is 30.4 Å². The Morgan fingerprint density at radius 3 is 3.00 bits per heavy atom. The number of nitrogens with one attached hydrogen (secondary N) is 1. The van der Waals surface area contributed by atoms with Gasteiger partial charge in [-0.15, -0.1) is 0 Å². The van der Waals surface area contributed by atoms with Gasteiger partial charge in [0.05, 0.1) is 6.61 Å².